The third-order valence-electron chi connectivity index (χ3n) is 3.39. The Morgan fingerprint density at radius 2 is 1.15 bits per heavy atom. The fourth-order valence-corrected chi connectivity index (χ4v) is 2.48. The molecule has 0 heterocycles. The fraction of sp³-hybridized carbons (Fsp3) is 0.222. The molecule has 0 unspecified atom stereocenters. The van der Waals surface area contributed by atoms with Crippen LogP contribution < -0.4 is 18.9 Å². The van der Waals surface area contributed by atoms with Crippen molar-refractivity contribution in [1.82, 2.24) is 0 Å². The number of hydrogen-bond donors (Lipinski definition) is 0. The molecule has 0 fully saturated rings. The number of rotatable bonds is 9. The van der Waals surface area contributed by atoms with E-state index in [-0.39, 0.29) is 24.3 Å². The van der Waals surface area contributed by atoms with Gasteiger partial charge in [-0.2, -0.15) is 0 Å². The molecule has 0 N–H and O–H groups in total. The summed E-state index contributed by atoms with van der Waals surface area (Å²) in [6, 6.07) is 9.41. The zero-order valence-corrected chi connectivity index (χ0v) is 15.6. The molecule has 2 rings (SSSR count). The average molecular weight is 399 g/mol. The monoisotopic (exact) mass is 398 g/mol. The summed E-state index contributed by atoms with van der Waals surface area (Å²) in [5.74, 6) is 1.67. The van der Waals surface area contributed by atoms with Crippen molar-refractivity contribution in [1.29, 1.82) is 0 Å². The van der Waals surface area contributed by atoms with Crippen molar-refractivity contribution in [3.63, 3.8) is 0 Å². The van der Waals surface area contributed by atoms with Crippen LogP contribution >= 0.6 is 23.2 Å². The zero-order valence-electron chi connectivity index (χ0n) is 14.1. The second-order valence-corrected chi connectivity index (χ2v) is 5.66. The van der Waals surface area contributed by atoms with Gasteiger partial charge in [0.2, 0.25) is 0 Å². The maximum Gasteiger partial charge on any atom is 0.256 e. The first-order valence-electron chi connectivity index (χ1n) is 7.47. The molecule has 2 aromatic rings. The highest BCUT2D eigenvalue weighted by molar-refractivity contribution is 6.68. The molecule has 2 aromatic carbocycles. The van der Waals surface area contributed by atoms with Gasteiger partial charge in [-0.3, -0.25) is 9.59 Å². The van der Waals surface area contributed by atoms with Crippen molar-refractivity contribution in [3.05, 3.63) is 47.5 Å². The highest BCUT2D eigenvalue weighted by Crippen LogP contribution is 2.27. The Bertz CT molecular complexity index is 739. The minimum Gasteiger partial charge on any atom is -0.496 e. The van der Waals surface area contributed by atoms with E-state index in [1.165, 1.54) is 26.4 Å². The number of halogens is 2. The summed E-state index contributed by atoms with van der Waals surface area (Å²) in [6.45, 7) is 0.492. The number of carbonyl (C=O) groups is 2. The lowest BCUT2D eigenvalue weighted by Crippen LogP contribution is -2.09. The van der Waals surface area contributed by atoms with Crippen LogP contribution in [-0.4, -0.2) is 37.9 Å². The van der Waals surface area contributed by atoms with Crippen molar-refractivity contribution in [2.24, 2.45) is 0 Å². The third-order valence-corrected chi connectivity index (χ3v) is 3.80. The van der Waals surface area contributed by atoms with Gasteiger partial charge in [0, 0.05) is 12.1 Å². The van der Waals surface area contributed by atoms with Crippen LogP contribution in [0, 0.1) is 0 Å². The summed E-state index contributed by atoms with van der Waals surface area (Å²) in [6.07, 6.45) is 0. The van der Waals surface area contributed by atoms with E-state index in [4.69, 9.17) is 42.1 Å². The summed E-state index contributed by atoms with van der Waals surface area (Å²) in [5.41, 5.74) is 0.526. The number of methoxy groups -OCH3 is 2. The van der Waals surface area contributed by atoms with Crippen molar-refractivity contribution in [2.45, 2.75) is 0 Å². The van der Waals surface area contributed by atoms with Gasteiger partial charge in [0.05, 0.1) is 25.3 Å². The maximum atomic E-state index is 11.3. The van der Waals surface area contributed by atoms with E-state index in [1.54, 1.807) is 24.3 Å². The van der Waals surface area contributed by atoms with E-state index in [2.05, 4.69) is 0 Å². The van der Waals surface area contributed by atoms with Crippen LogP contribution in [0.4, 0.5) is 0 Å². The lowest BCUT2D eigenvalue weighted by Gasteiger charge is -2.12. The van der Waals surface area contributed by atoms with Crippen molar-refractivity contribution < 1.29 is 28.5 Å². The number of ether oxygens (including phenoxy) is 4. The summed E-state index contributed by atoms with van der Waals surface area (Å²) in [4.78, 5) is 22.5. The predicted molar refractivity (Wildman–Crippen MR) is 97.3 cm³/mol. The van der Waals surface area contributed by atoms with Gasteiger partial charge in [0.15, 0.2) is 0 Å². The van der Waals surface area contributed by atoms with Gasteiger partial charge in [0.25, 0.3) is 10.5 Å². The summed E-state index contributed by atoms with van der Waals surface area (Å²) in [7, 11) is 2.88. The molecule has 0 spiro atoms. The summed E-state index contributed by atoms with van der Waals surface area (Å²) < 4.78 is 21.3. The van der Waals surface area contributed by atoms with E-state index in [0.717, 1.165) is 0 Å². The van der Waals surface area contributed by atoms with Gasteiger partial charge in [-0.1, -0.05) is 0 Å². The van der Waals surface area contributed by atoms with Crippen molar-refractivity contribution in [3.8, 4) is 23.0 Å². The Morgan fingerprint density at radius 3 is 1.46 bits per heavy atom. The smallest absolute Gasteiger partial charge is 0.256 e. The van der Waals surface area contributed by atoms with Crippen LogP contribution in [0.1, 0.15) is 20.7 Å². The van der Waals surface area contributed by atoms with E-state index >= 15 is 0 Å². The fourth-order valence-electron chi connectivity index (χ4n) is 2.17. The Balaban J connectivity index is 1.93. The van der Waals surface area contributed by atoms with Gasteiger partial charge >= 0.3 is 0 Å². The molecule has 0 amide bonds. The van der Waals surface area contributed by atoms with Gasteiger partial charge in [-0.25, -0.2) is 0 Å². The van der Waals surface area contributed by atoms with E-state index in [9.17, 15) is 9.59 Å². The standard InChI is InChI=1S/C18H16Cl2O6/c1-23-15-9-11(3-5-13(15)17(19)21)25-7-8-26-12-4-6-14(18(20)22)16(10-12)24-2/h3-6,9-10H,7-8H2,1-2H3. The second-order valence-electron chi connectivity index (χ2n) is 4.97. The number of hydrogen-bond acceptors (Lipinski definition) is 6. The van der Waals surface area contributed by atoms with E-state index in [0.29, 0.717) is 23.0 Å². The Labute approximate surface area is 160 Å². The quantitative estimate of drug-likeness (QED) is 0.470. The minimum absolute atomic E-state index is 0.246. The molecule has 0 aliphatic rings. The molecule has 0 atom stereocenters. The molecule has 138 valence electrons. The average Bonchev–Trinajstić information content (AvgIpc) is 2.64. The predicted octanol–water partition coefficient (Wildman–Crippen LogP) is 3.92. The Kier molecular flexibility index (Phi) is 7.12. The zero-order chi connectivity index (χ0) is 19.1. The summed E-state index contributed by atoms with van der Waals surface area (Å²) >= 11 is 10.9. The van der Waals surface area contributed by atoms with Crippen LogP contribution in [-0.2, 0) is 0 Å². The molecular formula is C18H16Cl2O6. The SMILES string of the molecule is COc1cc(OCCOc2ccc(C(=O)Cl)c(OC)c2)ccc1C(=O)Cl. The summed E-state index contributed by atoms with van der Waals surface area (Å²) in [5, 5.41) is -1.21. The van der Waals surface area contributed by atoms with Gasteiger partial charge in [-0.15, -0.1) is 0 Å². The highest BCUT2D eigenvalue weighted by Gasteiger charge is 2.12. The molecule has 8 heteroatoms. The molecule has 6 nitrogen and oxygen atoms in total. The molecule has 0 saturated heterocycles. The Morgan fingerprint density at radius 1 is 0.769 bits per heavy atom. The molecule has 0 aliphatic carbocycles. The van der Waals surface area contributed by atoms with Crippen molar-refractivity contribution in [2.75, 3.05) is 27.4 Å². The topological polar surface area (TPSA) is 71.1 Å². The molecule has 0 aliphatic heterocycles. The first kappa shape index (κ1) is 19.9. The minimum atomic E-state index is -0.607. The lowest BCUT2D eigenvalue weighted by molar-refractivity contribution is 0.107. The normalized spacial score (nSPS) is 10.2. The van der Waals surface area contributed by atoms with Crippen LogP contribution in [0.15, 0.2) is 36.4 Å². The molecule has 0 aromatic heterocycles. The molecular weight excluding hydrogens is 383 g/mol. The van der Waals surface area contributed by atoms with Crippen LogP contribution in [0.25, 0.3) is 0 Å². The molecule has 0 radical (unpaired) electrons. The Hall–Kier alpha value is -2.44. The number of benzene rings is 2. The maximum absolute atomic E-state index is 11.3. The van der Waals surface area contributed by atoms with Crippen molar-refractivity contribution >= 4 is 33.7 Å². The highest BCUT2D eigenvalue weighted by atomic mass is 35.5. The molecule has 0 saturated carbocycles. The van der Waals surface area contributed by atoms with Gasteiger partial charge in [0.1, 0.15) is 36.2 Å². The van der Waals surface area contributed by atoms with E-state index in [1.807, 2.05) is 0 Å². The third kappa shape index (κ3) is 5.03. The van der Waals surface area contributed by atoms with Gasteiger partial charge < -0.3 is 18.9 Å². The second kappa shape index (κ2) is 9.31. The van der Waals surface area contributed by atoms with Gasteiger partial charge in [-0.05, 0) is 47.5 Å². The largest absolute Gasteiger partial charge is 0.496 e. The lowest BCUT2D eigenvalue weighted by atomic mass is 10.2. The van der Waals surface area contributed by atoms with E-state index < -0.39 is 10.5 Å². The molecule has 26 heavy (non-hydrogen) atoms. The van der Waals surface area contributed by atoms with Crippen LogP contribution in [0.2, 0.25) is 0 Å². The first-order valence-corrected chi connectivity index (χ1v) is 8.23. The number of carbonyl (C=O) groups excluding carboxylic acids is 2. The first-order chi connectivity index (χ1) is 12.5. The van der Waals surface area contributed by atoms with Crippen LogP contribution in [0.3, 0.4) is 0 Å². The molecule has 0 bridgehead atoms. The van der Waals surface area contributed by atoms with Crippen LogP contribution in [0.5, 0.6) is 23.0 Å².